The van der Waals surface area contributed by atoms with Gasteiger partial charge in [0.05, 0.1) is 6.61 Å². The van der Waals surface area contributed by atoms with Gasteiger partial charge in [-0.3, -0.25) is 0 Å². The highest BCUT2D eigenvalue weighted by molar-refractivity contribution is 5.93. The number of hydrogen-bond donors (Lipinski definition) is 1. The fourth-order valence-corrected chi connectivity index (χ4v) is 3.84. The van der Waals surface area contributed by atoms with Crippen molar-refractivity contribution in [3.63, 3.8) is 0 Å². The topological polar surface area (TPSA) is 64.1 Å². The normalized spacial score (nSPS) is 19.3. The third-order valence-corrected chi connectivity index (χ3v) is 5.17. The molecule has 3 rings (SSSR count). The number of carbonyl (C=O) groups is 1. The first-order chi connectivity index (χ1) is 13.2. The Morgan fingerprint density at radius 1 is 1.30 bits per heavy atom. The average molecular weight is 365 g/mol. The van der Waals surface area contributed by atoms with E-state index in [0.29, 0.717) is 29.8 Å². The molecule has 0 amide bonds. The first kappa shape index (κ1) is 19.1. The van der Waals surface area contributed by atoms with E-state index in [9.17, 15) is 4.79 Å². The van der Waals surface area contributed by atoms with Crippen LogP contribution in [0.3, 0.4) is 0 Å². The number of ether oxygens (including phenoxy) is 1. The van der Waals surface area contributed by atoms with Gasteiger partial charge in [-0.1, -0.05) is 49.4 Å². The van der Waals surface area contributed by atoms with E-state index in [1.54, 1.807) is 13.0 Å². The molecular weight excluding hydrogens is 338 g/mol. The summed E-state index contributed by atoms with van der Waals surface area (Å²) in [7, 11) is 0. The van der Waals surface area contributed by atoms with Gasteiger partial charge in [-0.25, -0.2) is 14.8 Å². The number of esters is 1. The minimum absolute atomic E-state index is 0.259. The molecular formula is C22H27N3O2. The predicted molar refractivity (Wildman–Crippen MR) is 108 cm³/mol. The summed E-state index contributed by atoms with van der Waals surface area (Å²) in [6.07, 6.45) is 7.86. The molecule has 0 spiro atoms. The summed E-state index contributed by atoms with van der Waals surface area (Å²) in [4.78, 5) is 20.5. The molecule has 27 heavy (non-hydrogen) atoms. The van der Waals surface area contributed by atoms with E-state index in [2.05, 4.69) is 52.2 Å². The first-order valence-corrected chi connectivity index (χ1v) is 9.66. The van der Waals surface area contributed by atoms with Crippen molar-refractivity contribution in [3.05, 3.63) is 60.1 Å². The second kappa shape index (κ2) is 9.31. The van der Waals surface area contributed by atoms with Crippen LogP contribution in [0.2, 0.25) is 0 Å². The lowest BCUT2D eigenvalue weighted by molar-refractivity contribution is 0.0519. The van der Waals surface area contributed by atoms with Crippen molar-refractivity contribution in [2.45, 2.75) is 38.5 Å². The van der Waals surface area contributed by atoms with Crippen molar-refractivity contribution in [2.24, 2.45) is 5.92 Å². The summed E-state index contributed by atoms with van der Waals surface area (Å²) in [6.45, 7) is 6.72. The molecule has 1 aliphatic rings. The maximum absolute atomic E-state index is 12.1. The summed E-state index contributed by atoms with van der Waals surface area (Å²) in [6, 6.07) is 10.8. The highest BCUT2D eigenvalue weighted by atomic mass is 16.5. The first-order valence-electron chi connectivity index (χ1n) is 9.66. The van der Waals surface area contributed by atoms with Gasteiger partial charge < -0.3 is 10.1 Å². The summed E-state index contributed by atoms with van der Waals surface area (Å²) < 4.78 is 5.08. The van der Waals surface area contributed by atoms with E-state index in [-0.39, 0.29) is 5.69 Å². The van der Waals surface area contributed by atoms with Gasteiger partial charge >= 0.3 is 5.97 Å². The molecule has 5 nitrogen and oxygen atoms in total. The molecule has 0 radical (unpaired) electrons. The summed E-state index contributed by atoms with van der Waals surface area (Å²) in [5.74, 6) is 1.39. The Labute approximate surface area is 160 Å². The lowest BCUT2D eigenvalue weighted by atomic mass is 9.78. The predicted octanol–water partition coefficient (Wildman–Crippen LogP) is 4.68. The maximum atomic E-state index is 12.1. The van der Waals surface area contributed by atoms with E-state index in [4.69, 9.17) is 4.74 Å². The fraction of sp³-hybridized carbons (Fsp3) is 0.409. The number of rotatable bonds is 7. The maximum Gasteiger partial charge on any atom is 0.357 e. The molecule has 2 atom stereocenters. The SMILES string of the molecule is C=Cc1c(NCC2CCCC(c3ccccc3)C2)ncnc1C(=O)OCC. The molecule has 1 aliphatic carbocycles. The van der Waals surface area contributed by atoms with Crippen LogP contribution in [0.25, 0.3) is 6.08 Å². The van der Waals surface area contributed by atoms with Crippen LogP contribution in [0.4, 0.5) is 5.82 Å². The van der Waals surface area contributed by atoms with Crippen LogP contribution in [0.15, 0.2) is 43.2 Å². The van der Waals surface area contributed by atoms with Crippen molar-refractivity contribution < 1.29 is 9.53 Å². The van der Waals surface area contributed by atoms with Crippen LogP contribution >= 0.6 is 0 Å². The Morgan fingerprint density at radius 3 is 2.85 bits per heavy atom. The minimum Gasteiger partial charge on any atom is -0.461 e. The number of benzene rings is 1. The zero-order valence-corrected chi connectivity index (χ0v) is 15.9. The van der Waals surface area contributed by atoms with Gasteiger partial charge in [0.2, 0.25) is 0 Å². The van der Waals surface area contributed by atoms with E-state index >= 15 is 0 Å². The minimum atomic E-state index is -0.445. The fourth-order valence-electron chi connectivity index (χ4n) is 3.84. The highest BCUT2D eigenvalue weighted by Crippen LogP contribution is 2.36. The lowest BCUT2D eigenvalue weighted by Gasteiger charge is -2.30. The third kappa shape index (κ3) is 4.73. The molecule has 5 heteroatoms. The number of nitrogens with zero attached hydrogens (tertiary/aromatic N) is 2. The van der Waals surface area contributed by atoms with Gasteiger partial charge in [0.15, 0.2) is 5.69 Å². The smallest absolute Gasteiger partial charge is 0.357 e. The van der Waals surface area contributed by atoms with Crippen molar-refractivity contribution in [1.82, 2.24) is 9.97 Å². The van der Waals surface area contributed by atoms with Crippen molar-refractivity contribution in [2.75, 3.05) is 18.5 Å². The summed E-state index contributed by atoms with van der Waals surface area (Å²) >= 11 is 0. The van der Waals surface area contributed by atoms with E-state index in [1.807, 2.05) is 0 Å². The molecule has 0 bridgehead atoms. The van der Waals surface area contributed by atoms with Gasteiger partial charge in [-0.15, -0.1) is 0 Å². The number of carbonyl (C=O) groups excluding carboxylic acids is 1. The van der Waals surface area contributed by atoms with Gasteiger partial charge in [-0.2, -0.15) is 0 Å². The largest absolute Gasteiger partial charge is 0.461 e. The summed E-state index contributed by atoms with van der Waals surface area (Å²) in [5.41, 5.74) is 2.29. The quantitative estimate of drug-likeness (QED) is 0.722. The molecule has 142 valence electrons. The van der Waals surface area contributed by atoms with Gasteiger partial charge in [0, 0.05) is 12.1 Å². The Morgan fingerprint density at radius 2 is 2.11 bits per heavy atom. The zero-order chi connectivity index (χ0) is 19.1. The Balaban J connectivity index is 1.67. The molecule has 2 unspecified atom stereocenters. The van der Waals surface area contributed by atoms with Crippen LogP contribution in [0.1, 0.15) is 60.1 Å². The van der Waals surface area contributed by atoms with E-state index in [1.165, 1.54) is 31.2 Å². The molecule has 1 heterocycles. The second-order valence-electron chi connectivity index (χ2n) is 6.93. The van der Waals surface area contributed by atoms with Crippen LogP contribution in [0, 0.1) is 5.92 Å². The van der Waals surface area contributed by atoms with Crippen molar-refractivity contribution in [1.29, 1.82) is 0 Å². The monoisotopic (exact) mass is 365 g/mol. The number of hydrogen-bond acceptors (Lipinski definition) is 5. The molecule has 1 aromatic heterocycles. The standard InChI is InChI=1S/C22H27N3O2/c1-3-19-20(22(26)27-4-2)24-15-25-21(19)23-14-16-9-8-12-18(13-16)17-10-6-5-7-11-17/h3,5-7,10-11,15-16,18H,1,4,8-9,12-14H2,2H3,(H,23,24,25). The zero-order valence-electron chi connectivity index (χ0n) is 15.9. The molecule has 0 aliphatic heterocycles. The number of anilines is 1. The van der Waals surface area contributed by atoms with Gasteiger partial charge in [0.25, 0.3) is 0 Å². The van der Waals surface area contributed by atoms with Crippen molar-refractivity contribution in [3.8, 4) is 0 Å². The van der Waals surface area contributed by atoms with Gasteiger partial charge in [0.1, 0.15) is 12.1 Å². The van der Waals surface area contributed by atoms with Crippen LogP contribution < -0.4 is 5.32 Å². The van der Waals surface area contributed by atoms with Crippen LogP contribution in [0.5, 0.6) is 0 Å². The summed E-state index contributed by atoms with van der Waals surface area (Å²) in [5, 5.41) is 3.41. The van der Waals surface area contributed by atoms with E-state index < -0.39 is 5.97 Å². The molecule has 1 fully saturated rings. The molecule has 0 saturated heterocycles. The van der Waals surface area contributed by atoms with Crippen LogP contribution in [-0.2, 0) is 4.74 Å². The Kier molecular flexibility index (Phi) is 6.58. The number of nitrogens with one attached hydrogen (secondary N) is 1. The molecule has 1 aromatic carbocycles. The Hall–Kier alpha value is -2.69. The third-order valence-electron chi connectivity index (χ3n) is 5.17. The highest BCUT2D eigenvalue weighted by Gasteiger charge is 2.24. The van der Waals surface area contributed by atoms with E-state index in [0.717, 1.165) is 13.0 Å². The second-order valence-corrected chi connectivity index (χ2v) is 6.93. The molecule has 1 N–H and O–H groups in total. The van der Waals surface area contributed by atoms with Gasteiger partial charge in [-0.05, 0) is 43.6 Å². The molecule has 1 saturated carbocycles. The Bertz CT molecular complexity index is 776. The van der Waals surface area contributed by atoms with Crippen LogP contribution in [-0.4, -0.2) is 29.1 Å². The average Bonchev–Trinajstić information content (AvgIpc) is 2.73. The van der Waals surface area contributed by atoms with Crippen molar-refractivity contribution >= 4 is 17.9 Å². The number of aromatic nitrogens is 2. The molecule has 2 aromatic rings. The lowest BCUT2D eigenvalue weighted by Crippen LogP contribution is -2.22.